The van der Waals surface area contributed by atoms with Crippen LogP contribution in [0.3, 0.4) is 0 Å². The topological polar surface area (TPSA) is 70.4 Å². The van der Waals surface area contributed by atoms with Crippen molar-refractivity contribution in [1.82, 2.24) is 4.31 Å². The standard InChI is InChI=1S/C18H22F2N2O3S/c1-13-3-2-8-26(23,24)22(13)11-14-9-17(20)15(10-16(14)19)18(12-21)4-6-25-7-5-18/h9-10,13H,2-8,11H2,1H3/t13-/m0/s1. The third-order valence-corrected chi connectivity index (χ3v) is 7.42. The fraction of sp³-hybridized carbons (Fsp3) is 0.611. The predicted octanol–water partition coefficient (Wildman–Crippen LogP) is 2.85. The van der Waals surface area contributed by atoms with Gasteiger partial charge >= 0.3 is 0 Å². The number of hydrogen-bond donors (Lipinski definition) is 0. The molecule has 0 N–H and O–H groups in total. The van der Waals surface area contributed by atoms with Crippen LogP contribution in [0, 0.1) is 23.0 Å². The lowest BCUT2D eigenvalue weighted by molar-refractivity contribution is 0.0664. The molecular formula is C18H22F2N2O3S. The minimum absolute atomic E-state index is 0.0104. The van der Waals surface area contributed by atoms with Gasteiger partial charge in [-0.25, -0.2) is 17.2 Å². The molecule has 0 amide bonds. The number of halogens is 2. The quantitative estimate of drug-likeness (QED) is 0.804. The third kappa shape index (κ3) is 3.48. The van der Waals surface area contributed by atoms with E-state index in [1.54, 1.807) is 6.92 Å². The van der Waals surface area contributed by atoms with E-state index in [1.807, 2.05) is 0 Å². The van der Waals surface area contributed by atoms with Gasteiger partial charge < -0.3 is 4.74 Å². The van der Waals surface area contributed by atoms with Crippen LogP contribution in [-0.2, 0) is 26.7 Å². The van der Waals surface area contributed by atoms with Crippen molar-refractivity contribution in [2.45, 2.75) is 50.6 Å². The van der Waals surface area contributed by atoms with Crippen LogP contribution in [0.5, 0.6) is 0 Å². The van der Waals surface area contributed by atoms with Crippen LogP contribution >= 0.6 is 0 Å². The van der Waals surface area contributed by atoms with E-state index in [2.05, 4.69) is 6.07 Å². The number of nitrogens with zero attached hydrogens (tertiary/aromatic N) is 2. The van der Waals surface area contributed by atoms with Gasteiger partial charge in [0.2, 0.25) is 10.0 Å². The molecule has 1 atom stereocenters. The summed E-state index contributed by atoms with van der Waals surface area (Å²) in [5.74, 6) is -1.33. The Hall–Kier alpha value is -1.56. The fourth-order valence-corrected chi connectivity index (χ4v) is 5.51. The van der Waals surface area contributed by atoms with E-state index in [-0.39, 0.29) is 29.5 Å². The highest BCUT2D eigenvalue weighted by atomic mass is 32.2. The van der Waals surface area contributed by atoms with Gasteiger partial charge in [-0.15, -0.1) is 0 Å². The van der Waals surface area contributed by atoms with Crippen molar-refractivity contribution >= 4 is 10.0 Å². The number of hydrogen-bond acceptors (Lipinski definition) is 4. The molecule has 0 aliphatic carbocycles. The highest BCUT2D eigenvalue weighted by molar-refractivity contribution is 7.89. The van der Waals surface area contributed by atoms with Gasteiger partial charge in [-0.2, -0.15) is 9.57 Å². The van der Waals surface area contributed by atoms with E-state index in [0.29, 0.717) is 38.9 Å². The monoisotopic (exact) mass is 384 g/mol. The first-order valence-electron chi connectivity index (χ1n) is 8.76. The largest absolute Gasteiger partial charge is 0.381 e. The van der Waals surface area contributed by atoms with Crippen molar-refractivity contribution in [3.05, 3.63) is 34.9 Å². The van der Waals surface area contributed by atoms with Crippen molar-refractivity contribution in [1.29, 1.82) is 5.26 Å². The minimum atomic E-state index is -3.47. The second-order valence-electron chi connectivity index (χ2n) is 7.08. The summed E-state index contributed by atoms with van der Waals surface area (Å²) < 4.78 is 60.4. The lowest BCUT2D eigenvalue weighted by Gasteiger charge is -2.33. The average molecular weight is 384 g/mol. The summed E-state index contributed by atoms with van der Waals surface area (Å²) in [5.41, 5.74) is -1.09. The molecule has 2 fully saturated rings. The van der Waals surface area contributed by atoms with E-state index in [0.717, 1.165) is 12.1 Å². The number of ether oxygens (including phenoxy) is 1. The Morgan fingerprint density at radius 2 is 2.00 bits per heavy atom. The van der Waals surface area contributed by atoms with Crippen LogP contribution in [0.2, 0.25) is 0 Å². The first-order chi connectivity index (χ1) is 12.3. The Balaban J connectivity index is 1.94. The van der Waals surface area contributed by atoms with Crippen molar-refractivity contribution in [2.75, 3.05) is 19.0 Å². The smallest absolute Gasteiger partial charge is 0.214 e. The van der Waals surface area contributed by atoms with Crippen molar-refractivity contribution in [2.24, 2.45) is 0 Å². The van der Waals surface area contributed by atoms with Crippen LogP contribution in [0.25, 0.3) is 0 Å². The van der Waals surface area contributed by atoms with Crippen molar-refractivity contribution in [3.8, 4) is 6.07 Å². The molecule has 26 heavy (non-hydrogen) atoms. The summed E-state index contributed by atoms with van der Waals surface area (Å²) in [7, 11) is -3.47. The summed E-state index contributed by atoms with van der Waals surface area (Å²) in [6.07, 6.45) is 1.87. The first-order valence-corrected chi connectivity index (χ1v) is 10.4. The number of rotatable bonds is 3. The summed E-state index contributed by atoms with van der Waals surface area (Å²) in [6.45, 7) is 2.21. The van der Waals surface area contributed by atoms with Gasteiger partial charge in [0.15, 0.2) is 0 Å². The molecule has 3 rings (SSSR count). The number of benzene rings is 1. The molecule has 0 spiro atoms. The summed E-state index contributed by atoms with van der Waals surface area (Å²) >= 11 is 0. The molecule has 0 saturated carbocycles. The molecular weight excluding hydrogens is 362 g/mol. The Morgan fingerprint density at radius 3 is 2.62 bits per heavy atom. The molecule has 2 saturated heterocycles. The van der Waals surface area contributed by atoms with E-state index < -0.39 is 27.1 Å². The van der Waals surface area contributed by atoms with Crippen LogP contribution in [-0.4, -0.2) is 37.7 Å². The van der Waals surface area contributed by atoms with Crippen LogP contribution in [0.15, 0.2) is 12.1 Å². The van der Waals surface area contributed by atoms with Crippen LogP contribution in [0.4, 0.5) is 8.78 Å². The number of nitriles is 1. The van der Waals surface area contributed by atoms with Crippen LogP contribution in [0.1, 0.15) is 43.7 Å². The van der Waals surface area contributed by atoms with Gasteiger partial charge in [-0.1, -0.05) is 0 Å². The van der Waals surface area contributed by atoms with E-state index in [9.17, 15) is 22.5 Å². The Bertz CT molecular complexity index is 830. The summed E-state index contributed by atoms with van der Waals surface area (Å²) in [4.78, 5) is 0. The first kappa shape index (κ1) is 19.2. The predicted molar refractivity (Wildman–Crippen MR) is 91.7 cm³/mol. The highest BCUT2D eigenvalue weighted by Crippen LogP contribution is 2.37. The Kier molecular flexibility index (Phi) is 5.33. The molecule has 1 aromatic carbocycles. The highest BCUT2D eigenvalue weighted by Gasteiger charge is 2.38. The Labute approximate surface area is 152 Å². The third-order valence-electron chi connectivity index (χ3n) is 5.41. The van der Waals surface area contributed by atoms with Gasteiger partial charge in [0.25, 0.3) is 0 Å². The molecule has 8 heteroatoms. The number of sulfonamides is 1. The second kappa shape index (κ2) is 7.22. The van der Waals surface area contributed by atoms with Gasteiger partial charge in [0.1, 0.15) is 11.6 Å². The Morgan fingerprint density at radius 1 is 1.31 bits per heavy atom. The maximum Gasteiger partial charge on any atom is 0.214 e. The van der Waals surface area contributed by atoms with Gasteiger partial charge in [0.05, 0.1) is 17.2 Å². The SMILES string of the molecule is C[C@H]1CCCS(=O)(=O)N1Cc1cc(F)c(C2(C#N)CCOCC2)cc1F. The maximum absolute atomic E-state index is 14.8. The van der Waals surface area contributed by atoms with Crippen molar-refractivity contribution in [3.63, 3.8) is 0 Å². The molecule has 1 aromatic rings. The zero-order valence-electron chi connectivity index (χ0n) is 14.7. The molecule has 5 nitrogen and oxygen atoms in total. The molecule has 0 bridgehead atoms. The van der Waals surface area contributed by atoms with E-state index in [1.165, 1.54) is 4.31 Å². The molecule has 2 heterocycles. The van der Waals surface area contributed by atoms with Gasteiger partial charge in [0, 0.05) is 36.9 Å². The maximum atomic E-state index is 14.8. The lowest BCUT2D eigenvalue weighted by Crippen LogP contribution is -2.43. The van der Waals surface area contributed by atoms with Crippen LogP contribution < -0.4 is 0 Å². The van der Waals surface area contributed by atoms with E-state index in [4.69, 9.17) is 4.74 Å². The molecule has 0 aromatic heterocycles. The zero-order chi connectivity index (χ0) is 18.9. The van der Waals surface area contributed by atoms with Gasteiger partial charge in [-0.3, -0.25) is 0 Å². The van der Waals surface area contributed by atoms with E-state index >= 15 is 0 Å². The second-order valence-corrected chi connectivity index (χ2v) is 9.12. The van der Waals surface area contributed by atoms with Crippen molar-refractivity contribution < 1.29 is 21.9 Å². The lowest BCUT2D eigenvalue weighted by atomic mass is 9.75. The fourth-order valence-electron chi connectivity index (χ4n) is 3.76. The minimum Gasteiger partial charge on any atom is -0.381 e. The normalized spacial score (nSPS) is 25.5. The molecule has 2 aliphatic heterocycles. The van der Waals surface area contributed by atoms with Gasteiger partial charge in [-0.05, 0) is 44.7 Å². The summed E-state index contributed by atoms with van der Waals surface area (Å²) in [6, 6.07) is 3.97. The zero-order valence-corrected chi connectivity index (χ0v) is 15.5. The average Bonchev–Trinajstić information content (AvgIpc) is 2.61. The summed E-state index contributed by atoms with van der Waals surface area (Å²) in [5, 5.41) is 9.56. The molecule has 2 aliphatic rings. The molecule has 142 valence electrons. The molecule has 0 unspecified atom stereocenters. The molecule has 0 radical (unpaired) electrons.